The maximum atomic E-state index is 12.2. The van der Waals surface area contributed by atoms with Crippen molar-refractivity contribution < 1.29 is 19.7 Å². The Bertz CT molecular complexity index is 737. The van der Waals surface area contributed by atoms with Crippen molar-refractivity contribution in [2.45, 2.75) is 13.2 Å². The van der Waals surface area contributed by atoms with E-state index in [1.165, 1.54) is 25.5 Å². The van der Waals surface area contributed by atoms with Crippen molar-refractivity contribution in [2.24, 2.45) is 5.10 Å². The monoisotopic (exact) mass is 348 g/mol. The average Bonchev–Trinajstić information content (AvgIpc) is 2.61. The molecule has 24 heavy (non-hydrogen) atoms. The van der Waals surface area contributed by atoms with Gasteiger partial charge in [0.15, 0.2) is 0 Å². The van der Waals surface area contributed by atoms with Gasteiger partial charge >= 0.3 is 0 Å². The Morgan fingerprint density at radius 3 is 2.67 bits per heavy atom. The SMILES string of the molecule is COc1cc(C(=O)NN=Cc2ccccc2Cl)cc(CO)c1CO. The highest BCUT2D eigenvalue weighted by Crippen LogP contribution is 2.25. The zero-order valence-electron chi connectivity index (χ0n) is 13.0. The largest absolute Gasteiger partial charge is 0.496 e. The molecule has 3 N–H and O–H groups in total. The first-order valence-electron chi connectivity index (χ1n) is 7.10. The van der Waals surface area contributed by atoms with Gasteiger partial charge in [-0.05, 0) is 23.8 Å². The molecule has 2 rings (SSSR count). The Labute approximate surface area is 144 Å². The summed E-state index contributed by atoms with van der Waals surface area (Å²) in [5.74, 6) is -0.153. The number of methoxy groups -OCH3 is 1. The quantitative estimate of drug-likeness (QED) is 0.550. The molecule has 0 atom stereocenters. The fourth-order valence-corrected chi connectivity index (χ4v) is 2.33. The number of aliphatic hydroxyl groups is 2. The number of amides is 1. The second-order valence-electron chi connectivity index (χ2n) is 4.85. The van der Waals surface area contributed by atoms with E-state index in [2.05, 4.69) is 10.5 Å². The summed E-state index contributed by atoms with van der Waals surface area (Å²) in [6.07, 6.45) is 1.44. The van der Waals surface area contributed by atoms with E-state index in [-0.39, 0.29) is 18.8 Å². The molecule has 0 saturated carbocycles. The van der Waals surface area contributed by atoms with Gasteiger partial charge in [0.05, 0.1) is 26.5 Å². The predicted molar refractivity (Wildman–Crippen MR) is 91.4 cm³/mol. The number of carbonyl (C=O) groups excluding carboxylic acids is 1. The number of nitrogens with one attached hydrogen (secondary N) is 1. The zero-order valence-corrected chi connectivity index (χ0v) is 13.7. The van der Waals surface area contributed by atoms with Gasteiger partial charge < -0.3 is 14.9 Å². The third kappa shape index (κ3) is 4.11. The predicted octanol–water partition coefficient (Wildman–Crippen LogP) is 2.10. The molecule has 1 amide bonds. The van der Waals surface area contributed by atoms with Crippen molar-refractivity contribution in [3.8, 4) is 5.75 Å². The van der Waals surface area contributed by atoms with E-state index in [1.54, 1.807) is 24.3 Å². The number of rotatable bonds is 6. The molecule has 0 heterocycles. The number of hydrazone groups is 1. The molecule has 0 aliphatic rings. The van der Waals surface area contributed by atoms with Gasteiger partial charge in [-0.2, -0.15) is 5.10 Å². The van der Waals surface area contributed by atoms with E-state index in [0.29, 0.717) is 27.5 Å². The summed E-state index contributed by atoms with van der Waals surface area (Å²) in [5.41, 5.74) is 4.17. The summed E-state index contributed by atoms with van der Waals surface area (Å²) in [7, 11) is 1.42. The summed E-state index contributed by atoms with van der Waals surface area (Å²) >= 11 is 6.00. The van der Waals surface area contributed by atoms with Gasteiger partial charge in [0.2, 0.25) is 0 Å². The normalized spacial score (nSPS) is 10.8. The number of ether oxygens (including phenoxy) is 1. The highest BCUT2D eigenvalue weighted by atomic mass is 35.5. The maximum absolute atomic E-state index is 12.2. The van der Waals surface area contributed by atoms with Crippen LogP contribution >= 0.6 is 11.6 Å². The molecule has 0 spiro atoms. The van der Waals surface area contributed by atoms with Crippen LogP contribution in [0.5, 0.6) is 5.75 Å². The number of nitrogens with zero attached hydrogens (tertiary/aromatic N) is 1. The third-order valence-corrected chi connectivity index (χ3v) is 3.73. The summed E-state index contributed by atoms with van der Waals surface area (Å²) in [5, 5.41) is 23.1. The van der Waals surface area contributed by atoms with Crippen LogP contribution in [0.2, 0.25) is 5.02 Å². The van der Waals surface area contributed by atoms with E-state index >= 15 is 0 Å². The molecule has 126 valence electrons. The first-order chi connectivity index (χ1) is 11.6. The molecule has 0 aliphatic heterocycles. The third-order valence-electron chi connectivity index (χ3n) is 3.39. The van der Waals surface area contributed by atoms with Crippen molar-refractivity contribution >= 4 is 23.7 Å². The minimum atomic E-state index is -0.476. The Balaban J connectivity index is 2.19. The molecule has 0 saturated heterocycles. The topological polar surface area (TPSA) is 91.2 Å². The van der Waals surface area contributed by atoms with Gasteiger partial charge in [0.1, 0.15) is 5.75 Å². The fourth-order valence-electron chi connectivity index (χ4n) is 2.14. The Morgan fingerprint density at radius 1 is 1.29 bits per heavy atom. The Kier molecular flexibility index (Phi) is 6.31. The van der Waals surface area contributed by atoms with Gasteiger partial charge in [-0.3, -0.25) is 4.79 Å². The van der Waals surface area contributed by atoms with Gasteiger partial charge in [0, 0.05) is 21.7 Å². The first-order valence-corrected chi connectivity index (χ1v) is 7.48. The number of halogens is 1. The molecule has 7 heteroatoms. The molecule has 2 aromatic rings. The molecule has 0 unspecified atom stereocenters. The van der Waals surface area contributed by atoms with E-state index in [0.717, 1.165) is 0 Å². The minimum absolute atomic E-state index is 0.254. The summed E-state index contributed by atoms with van der Waals surface area (Å²) in [6.45, 7) is -0.623. The summed E-state index contributed by atoms with van der Waals surface area (Å²) in [4.78, 5) is 12.2. The van der Waals surface area contributed by atoms with E-state index in [4.69, 9.17) is 16.3 Å². The molecule has 0 aromatic heterocycles. The lowest BCUT2D eigenvalue weighted by Crippen LogP contribution is -2.18. The molecule has 2 aromatic carbocycles. The number of hydrogen-bond acceptors (Lipinski definition) is 5. The molecule has 0 radical (unpaired) electrons. The number of aliphatic hydroxyl groups excluding tert-OH is 2. The van der Waals surface area contributed by atoms with Crippen LogP contribution < -0.4 is 10.2 Å². The average molecular weight is 349 g/mol. The van der Waals surface area contributed by atoms with Crippen LogP contribution in [-0.2, 0) is 13.2 Å². The number of benzene rings is 2. The van der Waals surface area contributed by atoms with Crippen LogP contribution in [0.15, 0.2) is 41.5 Å². The summed E-state index contributed by atoms with van der Waals surface area (Å²) in [6, 6.07) is 10.0. The van der Waals surface area contributed by atoms with Gasteiger partial charge in [-0.25, -0.2) is 5.43 Å². The molecule has 0 fully saturated rings. The molecule has 6 nitrogen and oxygen atoms in total. The highest BCUT2D eigenvalue weighted by molar-refractivity contribution is 6.33. The van der Waals surface area contributed by atoms with Crippen LogP contribution in [0, 0.1) is 0 Å². The van der Waals surface area contributed by atoms with Crippen molar-refractivity contribution in [3.63, 3.8) is 0 Å². The van der Waals surface area contributed by atoms with Crippen LogP contribution in [0.3, 0.4) is 0 Å². The second kappa shape index (κ2) is 8.44. The standard InChI is InChI=1S/C17H17ClN2O4/c1-24-16-7-12(6-13(9-21)14(16)10-22)17(23)20-19-8-11-4-2-3-5-15(11)18/h2-8,21-22H,9-10H2,1H3,(H,20,23). The van der Waals surface area contributed by atoms with Gasteiger partial charge in [-0.15, -0.1) is 0 Å². The molecule has 0 aliphatic carbocycles. The van der Waals surface area contributed by atoms with Crippen LogP contribution in [-0.4, -0.2) is 29.4 Å². The minimum Gasteiger partial charge on any atom is -0.496 e. The van der Waals surface area contributed by atoms with Crippen LogP contribution in [0.1, 0.15) is 27.0 Å². The number of hydrogen-bond donors (Lipinski definition) is 3. The van der Waals surface area contributed by atoms with E-state index in [1.807, 2.05) is 0 Å². The maximum Gasteiger partial charge on any atom is 0.271 e. The highest BCUT2D eigenvalue weighted by Gasteiger charge is 2.14. The number of carbonyl (C=O) groups is 1. The lowest BCUT2D eigenvalue weighted by atomic mass is 10.0. The second-order valence-corrected chi connectivity index (χ2v) is 5.26. The molecule has 0 bridgehead atoms. The van der Waals surface area contributed by atoms with Gasteiger partial charge in [-0.1, -0.05) is 29.8 Å². The van der Waals surface area contributed by atoms with E-state index < -0.39 is 5.91 Å². The lowest BCUT2D eigenvalue weighted by molar-refractivity contribution is 0.0954. The molecular formula is C17H17ClN2O4. The lowest BCUT2D eigenvalue weighted by Gasteiger charge is -2.12. The first kappa shape index (κ1) is 17.9. The van der Waals surface area contributed by atoms with Crippen molar-refractivity contribution in [3.05, 3.63) is 63.7 Å². The van der Waals surface area contributed by atoms with Crippen molar-refractivity contribution in [1.29, 1.82) is 0 Å². The Hall–Kier alpha value is -2.41. The summed E-state index contributed by atoms with van der Waals surface area (Å²) < 4.78 is 5.15. The van der Waals surface area contributed by atoms with Crippen molar-refractivity contribution in [2.75, 3.05) is 7.11 Å². The Morgan fingerprint density at radius 2 is 2.04 bits per heavy atom. The van der Waals surface area contributed by atoms with Crippen LogP contribution in [0.25, 0.3) is 0 Å². The van der Waals surface area contributed by atoms with E-state index in [9.17, 15) is 15.0 Å². The van der Waals surface area contributed by atoms with Crippen LogP contribution in [0.4, 0.5) is 0 Å². The van der Waals surface area contributed by atoms with Gasteiger partial charge in [0.25, 0.3) is 5.91 Å². The van der Waals surface area contributed by atoms with Crippen molar-refractivity contribution in [1.82, 2.24) is 5.43 Å². The fraction of sp³-hybridized carbons (Fsp3) is 0.176. The zero-order chi connectivity index (χ0) is 17.5. The molecular weight excluding hydrogens is 332 g/mol. The smallest absolute Gasteiger partial charge is 0.271 e.